The highest BCUT2D eigenvalue weighted by atomic mass is 16.2. The Balaban J connectivity index is 1.60. The Morgan fingerprint density at radius 2 is 1.20 bits per heavy atom. The van der Waals surface area contributed by atoms with Crippen LogP contribution in [0.1, 0.15) is 21.0 Å². The van der Waals surface area contributed by atoms with Gasteiger partial charge < -0.3 is 19.8 Å². The summed E-state index contributed by atoms with van der Waals surface area (Å²) in [6.07, 6.45) is 3.47. The molecule has 0 radical (unpaired) electrons. The molecule has 0 aromatic carbocycles. The fourth-order valence-corrected chi connectivity index (χ4v) is 2.38. The molecule has 2 amide bonds. The van der Waals surface area contributed by atoms with E-state index in [2.05, 4.69) is 9.97 Å². The van der Waals surface area contributed by atoms with Gasteiger partial charge in [0.25, 0.3) is 11.8 Å². The average molecular weight is 272 g/mol. The lowest BCUT2D eigenvalue weighted by molar-refractivity contribution is 0.0530. The fourth-order valence-electron chi connectivity index (χ4n) is 2.38. The molecule has 3 rings (SSSR count). The monoisotopic (exact) mass is 272 g/mol. The number of aromatic amines is 2. The molecule has 2 aromatic rings. The third kappa shape index (κ3) is 2.32. The van der Waals surface area contributed by atoms with Gasteiger partial charge in [0.05, 0.1) is 0 Å². The lowest BCUT2D eigenvalue weighted by Gasteiger charge is -2.34. The van der Waals surface area contributed by atoms with Crippen LogP contribution in [0.2, 0.25) is 0 Å². The maximum absolute atomic E-state index is 12.2. The molecule has 0 aliphatic carbocycles. The van der Waals surface area contributed by atoms with Crippen LogP contribution in [0.4, 0.5) is 0 Å². The van der Waals surface area contributed by atoms with Gasteiger partial charge >= 0.3 is 0 Å². The average Bonchev–Trinajstić information content (AvgIpc) is 3.18. The van der Waals surface area contributed by atoms with Crippen LogP contribution in [-0.4, -0.2) is 57.8 Å². The van der Waals surface area contributed by atoms with E-state index in [0.717, 1.165) is 0 Å². The summed E-state index contributed by atoms with van der Waals surface area (Å²) in [4.78, 5) is 33.7. The van der Waals surface area contributed by atoms with Crippen molar-refractivity contribution in [2.45, 2.75) is 0 Å². The van der Waals surface area contributed by atoms with Crippen LogP contribution in [0.3, 0.4) is 0 Å². The first kappa shape index (κ1) is 12.5. The first-order valence-electron chi connectivity index (χ1n) is 6.61. The van der Waals surface area contributed by atoms with Gasteiger partial charge in [-0.05, 0) is 24.3 Å². The second kappa shape index (κ2) is 5.24. The molecule has 1 saturated heterocycles. The van der Waals surface area contributed by atoms with Gasteiger partial charge in [-0.3, -0.25) is 9.59 Å². The van der Waals surface area contributed by atoms with Crippen LogP contribution in [0.25, 0.3) is 0 Å². The van der Waals surface area contributed by atoms with Crippen molar-refractivity contribution in [2.24, 2.45) is 0 Å². The van der Waals surface area contributed by atoms with Crippen molar-refractivity contribution >= 4 is 11.8 Å². The highest BCUT2D eigenvalue weighted by molar-refractivity contribution is 5.94. The number of nitrogens with zero attached hydrogens (tertiary/aromatic N) is 2. The van der Waals surface area contributed by atoms with E-state index in [1.54, 1.807) is 46.5 Å². The van der Waals surface area contributed by atoms with E-state index >= 15 is 0 Å². The number of rotatable bonds is 2. The highest BCUT2D eigenvalue weighted by Gasteiger charge is 2.25. The third-order valence-electron chi connectivity index (χ3n) is 3.51. The summed E-state index contributed by atoms with van der Waals surface area (Å²) in [5, 5.41) is 0. The maximum Gasteiger partial charge on any atom is 0.270 e. The molecule has 6 nitrogen and oxygen atoms in total. The summed E-state index contributed by atoms with van der Waals surface area (Å²) in [7, 11) is 0. The molecule has 0 saturated carbocycles. The number of carbonyl (C=O) groups is 2. The van der Waals surface area contributed by atoms with Crippen molar-refractivity contribution in [2.75, 3.05) is 26.2 Å². The molecule has 0 unspecified atom stereocenters. The van der Waals surface area contributed by atoms with Crippen LogP contribution >= 0.6 is 0 Å². The number of hydrogen-bond donors (Lipinski definition) is 2. The number of hydrogen-bond acceptors (Lipinski definition) is 2. The SMILES string of the molecule is O=C(c1ccc[nH]1)N1CCN(C(=O)c2ccc[nH]2)CC1. The Hall–Kier alpha value is -2.50. The summed E-state index contributed by atoms with van der Waals surface area (Å²) >= 11 is 0. The lowest BCUT2D eigenvalue weighted by atomic mass is 10.2. The number of amides is 2. The number of H-pyrrole nitrogens is 2. The van der Waals surface area contributed by atoms with Gasteiger partial charge in [0, 0.05) is 38.6 Å². The number of nitrogens with one attached hydrogen (secondary N) is 2. The normalized spacial score (nSPS) is 15.4. The Morgan fingerprint density at radius 3 is 1.50 bits per heavy atom. The molecule has 3 heterocycles. The smallest absolute Gasteiger partial charge is 0.270 e. The van der Waals surface area contributed by atoms with Crippen molar-refractivity contribution in [1.82, 2.24) is 19.8 Å². The quantitative estimate of drug-likeness (QED) is 0.854. The summed E-state index contributed by atoms with van der Waals surface area (Å²) in [5.74, 6) is -0.0241. The summed E-state index contributed by atoms with van der Waals surface area (Å²) < 4.78 is 0. The van der Waals surface area contributed by atoms with E-state index in [0.29, 0.717) is 37.6 Å². The van der Waals surface area contributed by atoms with Gasteiger partial charge in [-0.25, -0.2) is 0 Å². The lowest BCUT2D eigenvalue weighted by Crippen LogP contribution is -2.50. The maximum atomic E-state index is 12.2. The molecule has 104 valence electrons. The van der Waals surface area contributed by atoms with E-state index in [4.69, 9.17) is 0 Å². The van der Waals surface area contributed by atoms with Gasteiger partial charge in [-0.15, -0.1) is 0 Å². The zero-order chi connectivity index (χ0) is 13.9. The topological polar surface area (TPSA) is 72.2 Å². The van der Waals surface area contributed by atoms with E-state index in [1.165, 1.54) is 0 Å². The van der Waals surface area contributed by atoms with E-state index in [9.17, 15) is 9.59 Å². The van der Waals surface area contributed by atoms with E-state index in [-0.39, 0.29) is 11.8 Å². The minimum absolute atomic E-state index is 0.0121. The van der Waals surface area contributed by atoms with E-state index < -0.39 is 0 Å². The van der Waals surface area contributed by atoms with E-state index in [1.807, 2.05) is 0 Å². The van der Waals surface area contributed by atoms with Gasteiger partial charge in [0.15, 0.2) is 0 Å². The van der Waals surface area contributed by atoms with Gasteiger partial charge in [-0.1, -0.05) is 0 Å². The second-order valence-electron chi connectivity index (χ2n) is 4.75. The number of piperazine rings is 1. The molecule has 0 atom stereocenters. The Morgan fingerprint density at radius 1 is 0.800 bits per heavy atom. The molecule has 1 fully saturated rings. The first-order valence-corrected chi connectivity index (χ1v) is 6.61. The fraction of sp³-hybridized carbons (Fsp3) is 0.286. The largest absolute Gasteiger partial charge is 0.357 e. The Labute approximate surface area is 116 Å². The zero-order valence-corrected chi connectivity index (χ0v) is 11.0. The van der Waals surface area contributed by atoms with Crippen molar-refractivity contribution in [1.29, 1.82) is 0 Å². The summed E-state index contributed by atoms with van der Waals surface area (Å²) in [5.41, 5.74) is 1.18. The van der Waals surface area contributed by atoms with Crippen LogP contribution in [0, 0.1) is 0 Å². The molecule has 1 aliphatic heterocycles. The Bertz CT molecular complexity index is 526. The molecular weight excluding hydrogens is 256 g/mol. The van der Waals surface area contributed by atoms with Gasteiger partial charge in [0.2, 0.25) is 0 Å². The predicted octanol–water partition coefficient (Wildman–Crippen LogP) is 0.941. The predicted molar refractivity (Wildman–Crippen MR) is 73.4 cm³/mol. The van der Waals surface area contributed by atoms with Crippen molar-refractivity contribution in [3.05, 3.63) is 48.0 Å². The van der Waals surface area contributed by atoms with Crippen LogP contribution in [0.5, 0.6) is 0 Å². The minimum Gasteiger partial charge on any atom is -0.357 e. The van der Waals surface area contributed by atoms with Crippen LogP contribution in [-0.2, 0) is 0 Å². The molecule has 2 aromatic heterocycles. The Kier molecular flexibility index (Phi) is 3.28. The molecule has 1 aliphatic rings. The van der Waals surface area contributed by atoms with Crippen molar-refractivity contribution in [3.63, 3.8) is 0 Å². The van der Waals surface area contributed by atoms with Gasteiger partial charge in [0.1, 0.15) is 11.4 Å². The molecule has 0 spiro atoms. The standard InChI is InChI=1S/C14H16N4O2/c19-13(11-3-1-5-15-11)17-7-9-18(10-8-17)14(20)12-4-2-6-16-12/h1-6,15-16H,7-10H2. The number of aromatic nitrogens is 2. The summed E-state index contributed by atoms with van der Waals surface area (Å²) in [6, 6.07) is 7.13. The summed E-state index contributed by atoms with van der Waals surface area (Å²) in [6.45, 7) is 2.24. The number of carbonyl (C=O) groups excluding carboxylic acids is 2. The molecule has 0 bridgehead atoms. The van der Waals surface area contributed by atoms with Crippen LogP contribution in [0.15, 0.2) is 36.7 Å². The van der Waals surface area contributed by atoms with Gasteiger partial charge in [-0.2, -0.15) is 0 Å². The first-order chi connectivity index (χ1) is 9.75. The van der Waals surface area contributed by atoms with Crippen molar-refractivity contribution in [3.8, 4) is 0 Å². The molecule has 20 heavy (non-hydrogen) atoms. The second-order valence-corrected chi connectivity index (χ2v) is 4.75. The van der Waals surface area contributed by atoms with Crippen LogP contribution < -0.4 is 0 Å². The van der Waals surface area contributed by atoms with Crippen molar-refractivity contribution < 1.29 is 9.59 Å². The highest BCUT2D eigenvalue weighted by Crippen LogP contribution is 2.10. The third-order valence-corrected chi connectivity index (χ3v) is 3.51. The zero-order valence-electron chi connectivity index (χ0n) is 11.0. The minimum atomic E-state index is -0.0121. The molecule has 2 N–H and O–H groups in total. The molecular formula is C14H16N4O2. The molecule has 6 heteroatoms.